The molecule has 22 heavy (non-hydrogen) atoms. The minimum absolute atomic E-state index is 0.207. The Kier molecular flexibility index (Phi) is 5.28. The topological polar surface area (TPSA) is 6.48 Å². The van der Waals surface area contributed by atoms with Crippen LogP contribution in [0.1, 0.15) is 34.1 Å². The fourth-order valence-electron chi connectivity index (χ4n) is 2.78. The zero-order valence-corrected chi connectivity index (χ0v) is 15.1. The van der Waals surface area contributed by atoms with Crippen LogP contribution in [0.25, 0.3) is 0 Å². The van der Waals surface area contributed by atoms with Gasteiger partial charge in [0, 0.05) is 23.3 Å². The van der Waals surface area contributed by atoms with Crippen molar-refractivity contribution < 1.29 is 4.39 Å². The van der Waals surface area contributed by atoms with Crippen molar-refractivity contribution in [3.63, 3.8) is 0 Å². The molecule has 2 aliphatic heterocycles. The summed E-state index contributed by atoms with van der Waals surface area (Å²) in [6, 6.07) is 0. The first kappa shape index (κ1) is 17.4. The SMILES string of the molecule is C=C1C(F)=CC=CN1C1=C(C)SN(BC)CC(C(C)(C)C)C1. The lowest BCUT2D eigenvalue weighted by Crippen LogP contribution is -2.33. The summed E-state index contributed by atoms with van der Waals surface area (Å²) in [6.07, 6.45) is 6.09. The zero-order chi connectivity index (χ0) is 16.5. The molecule has 1 atom stereocenters. The molecule has 1 unspecified atom stereocenters. The summed E-state index contributed by atoms with van der Waals surface area (Å²) in [5.41, 5.74) is 1.82. The van der Waals surface area contributed by atoms with Crippen LogP contribution in [0.5, 0.6) is 0 Å². The van der Waals surface area contributed by atoms with Gasteiger partial charge in [0.25, 0.3) is 0 Å². The Balaban J connectivity index is 2.37. The summed E-state index contributed by atoms with van der Waals surface area (Å²) in [6.45, 7) is 16.1. The third-order valence-corrected chi connectivity index (χ3v) is 5.62. The third-order valence-electron chi connectivity index (χ3n) is 4.45. The monoisotopic (exact) mass is 320 g/mol. The normalized spacial score (nSPS) is 24.5. The number of rotatable bonds is 2. The van der Waals surface area contributed by atoms with Gasteiger partial charge in [0.1, 0.15) is 5.83 Å². The van der Waals surface area contributed by atoms with Crippen LogP contribution < -0.4 is 0 Å². The van der Waals surface area contributed by atoms with Crippen LogP contribution in [0.15, 0.2) is 47.1 Å². The van der Waals surface area contributed by atoms with Crippen LogP contribution in [0, 0.1) is 11.3 Å². The number of hydrogen-bond acceptors (Lipinski definition) is 3. The Labute approximate surface area is 139 Å². The third kappa shape index (κ3) is 3.69. The molecule has 0 aliphatic carbocycles. The number of hydrogen-bond donors (Lipinski definition) is 0. The first-order chi connectivity index (χ1) is 10.2. The highest BCUT2D eigenvalue weighted by Gasteiger charge is 2.33. The molecule has 5 heteroatoms. The van der Waals surface area contributed by atoms with Crippen molar-refractivity contribution in [1.29, 1.82) is 0 Å². The smallest absolute Gasteiger partial charge is 0.214 e. The Morgan fingerprint density at radius 1 is 1.41 bits per heavy atom. The summed E-state index contributed by atoms with van der Waals surface area (Å²) in [5, 5.41) is 0. The van der Waals surface area contributed by atoms with Gasteiger partial charge in [-0.1, -0.05) is 46.1 Å². The Bertz CT molecular complexity index is 545. The van der Waals surface area contributed by atoms with Crippen LogP contribution in [-0.2, 0) is 0 Å². The molecule has 120 valence electrons. The van der Waals surface area contributed by atoms with E-state index >= 15 is 0 Å². The molecule has 2 heterocycles. The van der Waals surface area contributed by atoms with Gasteiger partial charge >= 0.3 is 0 Å². The van der Waals surface area contributed by atoms with Crippen LogP contribution in [0.4, 0.5) is 4.39 Å². The van der Waals surface area contributed by atoms with Crippen molar-refractivity contribution in [2.45, 2.75) is 40.9 Å². The van der Waals surface area contributed by atoms with Crippen LogP contribution in [-0.4, -0.2) is 23.1 Å². The van der Waals surface area contributed by atoms with Crippen molar-refractivity contribution in [2.24, 2.45) is 11.3 Å². The largest absolute Gasteiger partial charge is 0.318 e. The molecule has 0 aromatic heterocycles. The molecule has 0 saturated heterocycles. The van der Waals surface area contributed by atoms with Gasteiger partial charge in [0.05, 0.1) is 5.70 Å². The number of allylic oxidation sites excluding steroid dienone is 5. The zero-order valence-electron chi connectivity index (χ0n) is 14.3. The van der Waals surface area contributed by atoms with E-state index in [-0.39, 0.29) is 11.2 Å². The fraction of sp³-hybridized carbons (Fsp3) is 0.529. The number of nitrogens with zero attached hydrogens (tertiary/aromatic N) is 2. The van der Waals surface area contributed by atoms with Crippen molar-refractivity contribution in [3.05, 3.63) is 47.1 Å². The summed E-state index contributed by atoms with van der Waals surface area (Å²) < 4.78 is 16.3. The number of halogens is 1. The van der Waals surface area contributed by atoms with E-state index in [0.29, 0.717) is 11.6 Å². The molecular weight excluding hydrogens is 294 g/mol. The maximum Gasteiger partial charge on any atom is 0.214 e. The van der Waals surface area contributed by atoms with Gasteiger partial charge < -0.3 is 4.90 Å². The van der Waals surface area contributed by atoms with Crippen molar-refractivity contribution in [2.75, 3.05) is 6.54 Å². The molecule has 2 rings (SSSR count). The Morgan fingerprint density at radius 3 is 2.68 bits per heavy atom. The lowest BCUT2D eigenvalue weighted by Gasteiger charge is -2.35. The highest BCUT2D eigenvalue weighted by Crippen LogP contribution is 2.42. The minimum Gasteiger partial charge on any atom is -0.318 e. The molecule has 0 saturated carbocycles. The molecule has 0 bridgehead atoms. The average molecular weight is 320 g/mol. The van der Waals surface area contributed by atoms with Gasteiger partial charge in [-0.15, -0.1) is 0 Å². The van der Waals surface area contributed by atoms with E-state index in [0.717, 1.165) is 20.4 Å². The second-order valence-corrected chi connectivity index (χ2v) is 8.33. The Morgan fingerprint density at radius 2 is 2.09 bits per heavy atom. The Hall–Kier alpha value is -0.935. The van der Waals surface area contributed by atoms with Crippen LogP contribution in [0.2, 0.25) is 6.82 Å². The molecule has 0 aromatic rings. The van der Waals surface area contributed by atoms with Gasteiger partial charge in [-0.3, -0.25) is 4.22 Å². The van der Waals surface area contributed by atoms with Gasteiger partial charge in [0.2, 0.25) is 7.41 Å². The van der Waals surface area contributed by atoms with E-state index in [1.165, 1.54) is 16.7 Å². The second kappa shape index (κ2) is 6.67. The molecule has 0 fully saturated rings. The molecule has 0 N–H and O–H groups in total. The minimum atomic E-state index is -0.253. The summed E-state index contributed by atoms with van der Waals surface area (Å²) >= 11 is 1.79. The van der Waals surface area contributed by atoms with Gasteiger partial charge in [-0.2, -0.15) is 0 Å². The summed E-state index contributed by atoms with van der Waals surface area (Å²) in [5.74, 6) is 0.263. The second-order valence-electron chi connectivity index (χ2n) is 7.01. The molecule has 0 aromatic carbocycles. The van der Waals surface area contributed by atoms with E-state index in [1.54, 1.807) is 18.0 Å². The molecule has 0 radical (unpaired) electrons. The molecular formula is C17H26BFN2S. The highest BCUT2D eigenvalue weighted by atomic mass is 32.2. The van der Waals surface area contributed by atoms with Crippen molar-refractivity contribution in [3.8, 4) is 0 Å². The van der Waals surface area contributed by atoms with E-state index in [9.17, 15) is 4.39 Å². The van der Waals surface area contributed by atoms with Crippen LogP contribution >= 0.6 is 11.9 Å². The molecule has 0 spiro atoms. The summed E-state index contributed by atoms with van der Waals surface area (Å²) in [4.78, 5) is 3.16. The maximum absolute atomic E-state index is 13.9. The maximum atomic E-state index is 13.9. The van der Waals surface area contributed by atoms with E-state index < -0.39 is 0 Å². The highest BCUT2D eigenvalue weighted by molar-refractivity contribution is 8.01. The first-order valence-corrected chi connectivity index (χ1v) is 8.66. The lowest BCUT2D eigenvalue weighted by molar-refractivity contribution is 0.216. The fourth-order valence-corrected chi connectivity index (χ4v) is 3.84. The van der Waals surface area contributed by atoms with Gasteiger partial charge in [0.15, 0.2) is 0 Å². The quantitative estimate of drug-likeness (QED) is 0.531. The van der Waals surface area contributed by atoms with E-state index in [4.69, 9.17) is 0 Å². The molecule has 2 aliphatic rings. The molecule has 2 nitrogen and oxygen atoms in total. The standard InChI is InChI=1S/C17H26BFN2S/c1-12-15(19)8-7-9-20(12)16-10-14(17(3,4)5)11-21(18-6)22-13(16)2/h7-9,14,18H,1,10-11H2,2-6H3. The lowest BCUT2D eigenvalue weighted by atomic mass is 9.77. The van der Waals surface area contributed by atoms with Gasteiger partial charge in [-0.25, -0.2) is 4.39 Å². The first-order valence-electron chi connectivity index (χ1n) is 7.89. The van der Waals surface area contributed by atoms with E-state index in [1.807, 2.05) is 11.1 Å². The predicted octanol–water partition coefficient (Wildman–Crippen LogP) is 4.83. The van der Waals surface area contributed by atoms with Gasteiger partial charge in [-0.05, 0) is 36.8 Å². The van der Waals surface area contributed by atoms with Crippen LogP contribution in [0.3, 0.4) is 0 Å². The average Bonchev–Trinajstić information content (AvgIpc) is 2.60. The molecule has 0 amide bonds. The van der Waals surface area contributed by atoms with E-state index in [2.05, 4.69) is 45.3 Å². The van der Waals surface area contributed by atoms with Crippen molar-refractivity contribution >= 4 is 19.4 Å². The van der Waals surface area contributed by atoms with Crippen molar-refractivity contribution in [1.82, 2.24) is 9.12 Å². The predicted molar refractivity (Wildman–Crippen MR) is 96.9 cm³/mol. The summed E-state index contributed by atoms with van der Waals surface area (Å²) in [7, 11) is 1.01.